The van der Waals surface area contributed by atoms with E-state index in [1.807, 2.05) is 42.6 Å². The molecule has 0 bridgehead atoms. The largest absolute Gasteiger partial charge is 0.323 e. The Morgan fingerprint density at radius 3 is 2.83 bits per heavy atom. The van der Waals surface area contributed by atoms with Crippen molar-refractivity contribution in [2.75, 3.05) is 5.32 Å². The van der Waals surface area contributed by atoms with Gasteiger partial charge in [-0.25, -0.2) is 0 Å². The van der Waals surface area contributed by atoms with Gasteiger partial charge in [-0.05, 0) is 45.9 Å². The van der Waals surface area contributed by atoms with E-state index in [0.29, 0.717) is 0 Å². The van der Waals surface area contributed by atoms with E-state index >= 15 is 0 Å². The second-order valence-electron chi connectivity index (χ2n) is 3.92. The number of hydrogen-bond donors (Lipinski definition) is 2. The third-order valence-corrected chi connectivity index (χ3v) is 4.59. The first-order valence-electron chi connectivity index (χ1n) is 5.44. The van der Waals surface area contributed by atoms with Crippen molar-refractivity contribution in [1.29, 1.82) is 0 Å². The lowest BCUT2D eigenvalue weighted by molar-refractivity contribution is -0.117. The maximum absolute atomic E-state index is 12.0. The highest BCUT2D eigenvalue weighted by Crippen LogP contribution is 2.27. The van der Waals surface area contributed by atoms with Crippen LogP contribution in [0.3, 0.4) is 0 Å². The molecule has 1 aromatic heterocycles. The summed E-state index contributed by atoms with van der Waals surface area (Å²) in [7, 11) is 0. The minimum atomic E-state index is -0.627. The molecule has 0 saturated heterocycles. The maximum atomic E-state index is 12.0. The second-order valence-corrected chi connectivity index (χ2v) is 5.69. The SMILES string of the molecule is Cc1cccc(NC(=O)C(N)c2cccs2)c1Br. The molecule has 0 aliphatic heterocycles. The number of halogens is 1. The molecule has 5 heteroatoms. The normalized spacial score (nSPS) is 12.2. The van der Waals surface area contributed by atoms with Crippen LogP contribution in [-0.4, -0.2) is 5.91 Å². The molecule has 0 spiro atoms. The molecule has 0 aliphatic carbocycles. The number of nitrogens with one attached hydrogen (secondary N) is 1. The number of carbonyl (C=O) groups excluding carboxylic acids is 1. The Labute approximate surface area is 118 Å². The fourth-order valence-electron chi connectivity index (χ4n) is 1.55. The summed E-state index contributed by atoms with van der Waals surface area (Å²) >= 11 is 4.93. The molecule has 3 nitrogen and oxygen atoms in total. The zero-order chi connectivity index (χ0) is 13.1. The first kappa shape index (κ1) is 13.3. The van der Waals surface area contributed by atoms with Crippen molar-refractivity contribution in [3.8, 4) is 0 Å². The van der Waals surface area contributed by atoms with Gasteiger partial charge in [0.15, 0.2) is 0 Å². The van der Waals surface area contributed by atoms with Crippen LogP contribution in [0.25, 0.3) is 0 Å². The van der Waals surface area contributed by atoms with E-state index in [2.05, 4.69) is 21.2 Å². The van der Waals surface area contributed by atoms with Gasteiger partial charge in [0.1, 0.15) is 6.04 Å². The van der Waals surface area contributed by atoms with Crippen molar-refractivity contribution < 1.29 is 4.79 Å². The fraction of sp³-hybridized carbons (Fsp3) is 0.154. The van der Waals surface area contributed by atoms with Gasteiger partial charge in [-0.15, -0.1) is 11.3 Å². The molecule has 1 unspecified atom stereocenters. The minimum absolute atomic E-state index is 0.205. The summed E-state index contributed by atoms with van der Waals surface area (Å²) in [4.78, 5) is 12.9. The average Bonchev–Trinajstić information content (AvgIpc) is 2.87. The lowest BCUT2D eigenvalue weighted by Crippen LogP contribution is -2.27. The number of aryl methyl sites for hydroxylation is 1. The monoisotopic (exact) mass is 324 g/mol. The Morgan fingerprint density at radius 1 is 1.39 bits per heavy atom. The Morgan fingerprint density at radius 2 is 2.17 bits per heavy atom. The summed E-state index contributed by atoms with van der Waals surface area (Å²) in [6, 6.07) is 8.83. The fourth-order valence-corrected chi connectivity index (χ4v) is 2.64. The van der Waals surface area contributed by atoms with E-state index in [0.717, 1.165) is 20.6 Å². The number of anilines is 1. The summed E-state index contributed by atoms with van der Waals surface area (Å²) in [6.45, 7) is 1.97. The molecule has 0 aliphatic rings. The Kier molecular flexibility index (Phi) is 4.16. The molecule has 94 valence electrons. The van der Waals surface area contributed by atoms with Crippen LogP contribution in [0.1, 0.15) is 16.5 Å². The van der Waals surface area contributed by atoms with Gasteiger partial charge in [0, 0.05) is 9.35 Å². The van der Waals surface area contributed by atoms with Gasteiger partial charge >= 0.3 is 0 Å². The highest BCUT2D eigenvalue weighted by molar-refractivity contribution is 9.10. The number of rotatable bonds is 3. The predicted octanol–water partition coefficient (Wildman–Crippen LogP) is 3.46. The summed E-state index contributed by atoms with van der Waals surface area (Å²) in [5, 5.41) is 4.74. The van der Waals surface area contributed by atoms with Gasteiger partial charge in [0.25, 0.3) is 0 Å². The summed E-state index contributed by atoms with van der Waals surface area (Å²) in [5.41, 5.74) is 7.71. The summed E-state index contributed by atoms with van der Waals surface area (Å²) in [6.07, 6.45) is 0. The van der Waals surface area contributed by atoms with Crippen LogP contribution < -0.4 is 11.1 Å². The van der Waals surface area contributed by atoms with Gasteiger partial charge in [-0.3, -0.25) is 4.79 Å². The predicted molar refractivity (Wildman–Crippen MR) is 78.8 cm³/mol. The molecule has 2 aromatic rings. The molecule has 0 fully saturated rings. The van der Waals surface area contributed by atoms with Crippen LogP contribution in [0, 0.1) is 6.92 Å². The van der Waals surface area contributed by atoms with Crippen LogP contribution in [0.15, 0.2) is 40.2 Å². The van der Waals surface area contributed by atoms with E-state index in [1.54, 1.807) is 0 Å². The van der Waals surface area contributed by atoms with Crippen molar-refractivity contribution in [3.05, 3.63) is 50.6 Å². The van der Waals surface area contributed by atoms with Crippen molar-refractivity contribution in [2.45, 2.75) is 13.0 Å². The number of thiophene rings is 1. The third-order valence-electron chi connectivity index (χ3n) is 2.58. The maximum Gasteiger partial charge on any atom is 0.246 e. The molecule has 0 radical (unpaired) electrons. The lowest BCUT2D eigenvalue weighted by atomic mass is 10.2. The van der Waals surface area contributed by atoms with Crippen LogP contribution in [0.5, 0.6) is 0 Å². The van der Waals surface area contributed by atoms with Gasteiger partial charge in [-0.2, -0.15) is 0 Å². The van der Waals surface area contributed by atoms with Crippen molar-refractivity contribution >= 4 is 38.9 Å². The molecule has 1 aromatic carbocycles. The zero-order valence-corrected chi connectivity index (χ0v) is 12.2. The minimum Gasteiger partial charge on any atom is -0.323 e. The first-order chi connectivity index (χ1) is 8.59. The van der Waals surface area contributed by atoms with E-state index in [9.17, 15) is 4.79 Å². The van der Waals surface area contributed by atoms with Gasteiger partial charge in [-0.1, -0.05) is 18.2 Å². The van der Waals surface area contributed by atoms with E-state index < -0.39 is 6.04 Å². The van der Waals surface area contributed by atoms with E-state index in [4.69, 9.17) is 5.73 Å². The Bertz CT molecular complexity index is 554. The Hall–Kier alpha value is -1.17. The highest BCUT2D eigenvalue weighted by Gasteiger charge is 2.17. The standard InChI is InChI=1S/C13H13BrN2OS/c1-8-4-2-5-9(11(8)14)16-13(17)12(15)10-6-3-7-18-10/h2-7,12H,15H2,1H3,(H,16,17). The molecule has 0 saturated carbocycles. The molecular formula is C13H13BrN2OS. The average molecular weight is 325 g/mol. The van der Waals surface area contributed by atoms with Crippen LogP contribution in [-0.2, 0) is 4.79 Å². The van der Waals surface area contributed by atoms with E-state index in [1.165, 1.54) is 11.3 Å². The topological polar surface area (TPSA) is 55.1 Å². The molecule has 1 heterocycles. The second kappa shape index (κ2) is 5.65. The summed E-state index contributed by atoms with van der Waals surface area (Å²) in [5.74, 6) is -0.205. The smallest absolute Gasteiger partial charge is 0.246 e. The number of hydrogen-bond acceptors (Lipinski definition) is 3. The molecular weight excluding hydrogens is 312 g/mol. The number of amides is 1. The summed E-state index contributed by atoms with van der Waals surface area (Å²) < 4.78 is 0.886. The Balaban J connectivity index is 2.14. The molecule has 3 N–H and O–H groups in total. The van der Waals surface area contributed by atoms with Crippen LogP contribution >= 0.6 is 27.3 Å². The molecule has 1 atom stereocenters. The van der Waals surface area contributed by atoms with Gasteiger partial charge in [0.2, 0.25) is 5.91 Å². The lowest BCUT2D eigenvalue weighted by Gasteiger charge is -2.12. The van der Waals surface area contributed by atoms with Crippen LogP contribution in [0.2, 0.25) is 0 Å². The van der Waals surface area contributed by atoms with Gasteiger partial charge < -0.3 is 11.1 Å². The van der Waals surface area contributed by atoms with Crippen molar-refractivity contribution in [2.24, 2.45) is 5.73 Å². The van der Waals surface area contributed by atoms with Gasteiger partial charge in [0.05, 0.1) is 5.69 Å². The van der Waals surface area contributed by atoms with Crippen LogP contribution in [0.4, 0.5) is 5.69 Å². The number of nitrogens with two attached hydrogens (primary N) is 1. The zero-order valence-electron chi connectivity index (χ0n) is 9.81. The number of carbonyl (C=O) groups is 1. The quantitative estimate of drug-likeness (QED) is 0.908. The van der Waals surface area contributed by atoms with E-state index in [-0.39, 0.29) is 5.91 Å². The number of benzene rings is 1. The van der Waals surface area contributed by atoms with Crippen molar-refractivity contribution in [3.63, 3.8) is 0 Å². The first-order valence-corrected chi connectivity index (χ1v) is 7.12. The highest BCUT2D eigenvalue weighted by atomic mass is 79.9. The molecule has 2 rings (SSSR count). The molecule has 1 amide bonds. The molecule has 18 heavy (non-hydrogen) atoms. The third kappa shape index (κ3) is 2.80. The van der Waals surface area contributed by atoms with Crippen molar-refractivity contribution in [1.82, 2.24) is 0 Å².